The zero-order valence-corrected chi connectivity index (χ0v) is 20.1. The summed E-state index contributed by atoms with van der Waals surface area (Å²) >= 11 is 2.25. The number of rotatable bonds is 9. The molecule has 166 valence electrons. The first-order valence-electron chi connectivity index (χ1n) is 10.1. The number of carbonyl (C=O) groups is 2. The molecule has 0 spiro atoms. The van der Waals surface area contributed by atoms with E-state index in [0.29, 0.717) is 18.1 Å². The summed E-state index contributed by atoms with van der Waals surface area (Å²) in [5.41, 5.74) is 2.24. The lowest BCUT2D eigenvalue weighted by Gasteiger charge is -2.10. The molecule has 0 saturated heterocycles. The maximum absolute atomic E-state index is 12.3. The molecular formula is C23H25IN6O2. The van der Waals surface area contributed by atoms with E-state index in [1.807, 2.05) is 49.3 Å². The molecule has 0 aliphatic rings. The summed E-state index contributed by atoms with van der Waals surface area (Å²) in [6.07, 6.45) is 4.80. The second-order valence-electron chi connectivity index (χ2n) is 7.36. The van der Waals surface area contributed by atoms with Crippen molar-refractivity contribution in [3.05, 3.63) is 64.5 Å². The second-order valence-corrected chi connectivity index (χ2v) is 8.61. The average Bonchev–Trinajstić information content (AvgIpc) is 2.76. The Labute approximate surface area is 200 Å². The van der Waals surface area contributed by atoms with E-state index in [2.05, 4.69) is 48.5 Å². The maximum Gasteiger partial charge on any atom is 0.248 e. The van der Waals surface area contributed by atoms with Crippen LogP contribution < -0.4 is 16.0 Å². The highest BCUT2D eigenvalue weighted by atomic mass is 127. The van der Waals surface area contributed by atoms with Gasteiger partial charge in [0.25, 0.3) is 0 Å². The second kappa shape index (κ2) is 11.5. The molecule has 0 bridgehead atoms. The van der Waals surface area contributed by atoms with Gasteiger partial charge in [-0.05, 0) is 86.0 Å². The van der Waals surface area contributed by atoms with E-state index in [9.17, 15) is 9.59 Å². The first-order valence-corrected chi connectivity index (χ1v) is 11.2. The Kier molecular flexibility index (Phi) is 8.51. The van der Waals surface area contributed by atoms with Crippen molar-refractivity contribution in [1.29, 1.82) is 0 Å². The van der Waals surface area contributed by atoms with Gasteiger partial charge in [-0.3, -0.25) is 9.59 Å². The summed E-state index contributed by atoms with van der Waals surface area (Å²) in [7, 11) is 3.96. The number of hydrogen-bond acceptors (Lipinski definition) is 6. The predicted octanol–water partition coefficient (Wildman–Crippen LogP) is 3.54. The lowest BCUT2D eigenvalue weighted by molar-refractivity contribution is -0.117. The van der Waals surface area contributed by atoms with Crippen LogP contribution in [0.15, 0.2) is 60.9 Å². The summed E-state index contributed by atoms with van der Waals surface area (Å²) in [5.74, 6) is -0.0488. The number of hydrogen-bond donors (Lipinski definition) is 3. The van der Waals surface area contributed by atoms with E-state index < -0.39 is 5.91 Å². The van der Waals surface area contributed by atoms with Gasteiger partial charge in [0.1, 0.15) is 12.1 Å². The number of amides is 2. The van der Waals surface area contributed by atoms with Crippen molar-refractivity contribution in [3.8, 4) is 0 Å². The van der Waals surface area contributed by atoms with Crippen LogP contribution in [0.4, 0.5) is 17.2 Å². The summed E-state index contributed by atoms with van der Waals surface area (Å²) in [6.45, 7) is 1.44. The van der Waals surface area contributed by atoms with Crippen molar-refractivity contribution in [3.63, 3.8) is 0 Å². The molecule has 0 fully saturated rings. The highest BCUT2D eigenvalue weighted by Crippen LogP contribution is 2.26. The Morgan fingerprint density at radius 3 is 2.62 bits per heavy atom. The molecule has 8 nitrogen and oxygen atoms in total. The molecule has 0 saturated carbocycles. The van der Waals surface area contributed by atoms with Crippen LogP contribution in [-0.2, 0) is 9.59 Å². The molecule has 32 heavy (non-hydrogen) atoms. The quantitative estimate of drug-likeness (QED) is 0.217. The number of aromatic nitrogens is 2. The van der Waals surface area contributed by atoms with E-state index in [0.717, 1.165) is 33.1 Å². The molecule has 3 N–H and O–H groups in total. The summed E-state index contributed by atoms with van der Waals surface area (Å²) in [4.78, 5) is 34.8. The van der Waals surface area contributed by atoms with Crippen LogP contribution in [-0.4, -0.2) is 53.9 Å². The third-order valence-electron chi connectivity index (χ3n) is 4.46. The van der Waals surface area contributed by atoms with Crippen LogP contribution in [0.1, 0.15) is 6.42 Å². The molecular weight excluding hydrogens is 519 g/mol. The zero-order valence-electron chi connectivity index (χ0n) is 17.9. The van der Waals surface area contributed by atoms with E-state index >= 15 is 0 Å². The minimum Gasteiger partial charge on any atom is -0.353 e. The molecule has 2 aromatic carbocycles. The topological polar surface area (TPSA) is 99.3 Å². The van der Waals surface area contributed by atoms with Crippen molar-refractivity contribution in [2.24, 2.45) is 0 Å². The average molecular weight is 544 g/mol. The first kappa shape index (κ1) is 23.6. The zero-order chi connectivity index (χ0) is 22.9. The fourth-order valence-electron chi connectivity index (χ4n) is 2.94. The Bertz CT molecular complexity index is 1130. The van der Waals surface area contributed by atoms with Gasteiger partial charge in [0.15, 0.2) is 0 Å². The van der Waals surface area contributed by atoms with Gasteiger partial charge in [0.05, 0.1) is 5.52 Å². The van der Waals surface area contributed by atoms with Gasteiger partial charge in [-0.2, -0.15) is 0 Å². The normalized spacial score (nSPS) is 11.1. The van der Waals surface area contributed by atoms with Gasteiger partial charge < -0.3 is 20.9 Å². The number of nitrogens with zero attached hydrogens (tertiary/aromatic N) is 3. The van der Waals surface area contributed by atoms with Crippen molar-refractivity contribution in [1.82, 2.24) is 20.2 Å². The lowest BCUT2D eigenvalue weighted by Crippen LogP contribution is -2.25. The number of carbonyl (C=O) groups excluding carboxylic acids is 2. The van der Waals surface area contributed by atoms with Crippen LogP contribution in [0.2, 0.25) is 0 Å². The van der Waals surface area contributed by atoms with Crippen molar-refractivity contribution in [2.45, 2.75) is 6.42 Å². The molecule has 0 aliphatic carbocycles. The number of benzene rings is 2. The van der Waals surface area contributed by atoms with Gasteiger partial charge >= 0.3 is 0 Å². The molecule has 3 rings (SSSR count). The van der Waals surface area contributed by atoms with E-state index in [1.165, 1.54) is 18.5 Å². The van der Waals surface area contributed by atoms with Crippen LogP contribution in [0.25, 0.3) is 10.9 Å². The number of nitrogens with one attached hydrogen (secondary N) is 3. The molecule has 1 heterocycles. The molecule has 9 heteroatoms. The molecule has 0 atom stereocenters. The van der Waals surface area contributed by atoms with Gasteiger partial charge in [0, 0.05) is 39.0 Å². The molecule has 0 unspecified atom stereocenters. The van der Waals surface area contributed by atoms with Gasteiger partial charge in [-0.25, -0.2) is 9.97 Å². The van der Waals surface area contributed by atoms with Crippen LogP contribution in [0, 0.1) is 3.57 Å². The summed E-state index contributed by atoms with van der Waals surface area (Å²) in [6, 6.07) is 13.3. The fraction of sp³-hybridized carbons (Fsp3) is 0.217. The van der Waals surface area contributed by atoms with Crippen LogP contribution >= 0.6 is 22.6 Å². The minimum absolute atomic E-state index is 0.296. The van der Waals surface area contributed by atoms with Gasteiger partial charge in [-0.1, -0.05) is 6.07 Å². The molecule has 0 radical (unpaired) electrons. The van der Waals surface area contributed by atoms with Gasteiger partial charge in [-0.15, -0.1) is 0 Å². The minimum atomic E-state index is -0.392. The Balaban J connectivity index is 1.64. The van der Waals surface area contributed by atoms with Crippen LogP contribution in [0.3, 0.4) is 0 Å². The maximum atomic E-state index is 12.3. The SMILES string of the molecule is CN(C)CCCNC(=O)/C=C\C(=O)Nc1ccc2ncnc(Nc3cccc(I)c3)c2c1. The highest BCUT2D eigenvalue weighted by molar-refractivity contribution is 14.1. The van der Waals surface area contributed by atoms with E-state index in [4.69, 9.17) is 0 Å². The molecule has 1 aromatic heterocycles. The Morgan fingerprint density at radius 1 is 1.03 bits per heavy atom. The predicted molar refractivity (Wildman–Crippen MR) is 136 cm³/mol. The standard InChI is InChI=1S/C23H25IN6O2/c1-30(2)12-4-11-25-21(31)9-10-22(32)28-18-7-8-20-19(14-18)23(27-15-26-20)29-17-6-3-5-16(24)13-17/h3,5-10,13-15H,4,11-12H2,1-2H3,(H,25,31)(H,28,32)(H,26,27,29)/b10-9-. The monoisotopic (exact) mass is 544 g/mol. The van der Waals surface area contributed by atoms with E-state index in [-0.39, 0.29) is 5.91 Å². The van der Waals surface area contributed by atoms with Crippen LogP contribution in [0.5, 0.6) is 0 Å². The third kappa shape index (κ3) is 7.27. The highest BCUT2D eigenvalue weighted by Gasteiger charge is 2.07. The molecule has 3 aromatic rings. The van der Waals surface area contributed by atoms with E-state index in [1.54, 1.807) is 12.1 Å². The Morgan fingerprint density at radius 2 is 1.84 bits per heavy atom. The smallest absolute Gasteiger partial charge is 0.248 e. The van der Waals surface area contributed by atoms with Crippen molar-refractivity contribution >= 4 is 62.5 Å². The number of halogens is 1. The van der Waals surface area contributed by atoms with Gasteiger partial charge in [0.2, 0.25) is 11.8 Å². The fourth-order valence-corrected chi connectivity index (χ4v) is 3.48. The largest absolute Gasteiger partial charge is 0.353 e. The first-order chi connectivity index (χ1) is 15.4. The lowest BCUT2D eigenvalue weighted by atomic mass is 10.2. The van der Waals surface area contributed by atoms with Crippen molar-refractivity contribution in [2.75, 3.05) is 37.8 Å². The number of fused-ring (bicyclic) bond motifs is 1. The van der Waals surface area contributed by atoms with Crippen molar-refractivity contribution < 1.29 is 9.59 Å². The molecule has 2 amide bonds. The summed E-state index contributed by atoms with van der Waals surface area (Å²) in [5, 5.41) is 9.60. The number of anilines is 3. The summed E-state index contributed by atoms with van der Waals surface area (Å²) < 4.78 is 1.10. The molecule has 0 aliphatic heterocycles. The Hall–Kier alpha value is -3.05. The third-order valence-corrected chi connectivity index (χ3v) is 5.13.